The molecule has 4 N–H and O–H groups in total. The first kappa shape index (κ1) is 13.2. The van der Waals surface area contributed by atoms with Crippen molar-refractivity contribution < 1.29 is 8.42 Å². The van der Waals surface area contributed by atoms with Gasteiger partial charge < -0.3 is 5.43 Å². The lowest BCUT2D eigenvalue weighted by Crippen LogP contribution is -2.15. The molecule has 0 saturated heterocycles. The van der Waals surface area contributed by atoms with Gasteiger partial charge in [0.15, 0.2) is 0 Å². The molecule has 0 atom stereocenters. The summed E-state index contributed by atoms with van der Waals surface area (Å²) >= 11 is 0. The van der Waals surface area contributed by atoms with Crippen LogP contribution in [0.15, 0.2) is 41.6 Å². The molecule has 100 valence electrons. The van der Waals surface area contributed by atoms with Gasteiger partial charge in [-0.1, -0.05) is 0 Å². The summed E-state index contributed by atoms with van der Waals surface area (Å²) < 4.78 is 26.8. The third-order valence-electron chi connectivity index (χ3n) is 2.34. The Morgan fingerprint density at radius 1 is 1.16 bits per heavy atom. The zero-order chi connectivity index (χ0) is 13.9. The summed E-state index contributed by atoms with van der Waals surface area (Å²) in [5.41, 5.74) is 3.47. The lowest BCUT2D eigenvalue weighted by Gasteiger charge is -2.09. The number of anilines is 2. The van der Waals surface area contributed by atoms with Crippen LogP contribution in [0.1, 0.15) is 5.69 Å². The number of nitrogens with two attached hydrogens (primary N) is 1. The molecule has 2 rings (SSSR count). The van der Waals surface area contributed by atoms with E-state index in [1.807, 2.05) is 0 Å². The summed E-state index contributed by atoms with van der Waals surface area (Å²) in [5.74, 6) is 5.47. The molecule has 0 aromatic carbocycles. The van der Waals surface area contributed by atoms with Crippen LogP contribution in [0, 0.1) is 6.92 Å². The molecule has 0 unspecified atom stereocenters. The van der Waals surface area contributed by atoms with Gasteiger partial charge in [-0.05, 0) is 25.1 Å². The lowest BCUT2D eigenvalue weighted by atomic mass is 10.3. The first-order valence-corrected chi connectivity index (χ1v) is 6.88. The standard InChI is InChI=1S/C11H13N5O2S/c1-8-6-9(2-4-13-8)16-19(17,18)10-3-5-14-11(7-10)15-12/h2-7H,12H2,1H3,(H,13,16)(H,14,15). The smallest absolute Gasteiger partial charge is 0.262 e. The molecule has 0 amide bonds. The fourth-order valence-electron chi connectivity index (χ4n) is 1.48. The zero-order valence-corrected chi connectivity index (χ0v) is 11.0. The molecular weight excluding hydrogens is 266 g/mol. The predicted octanol–water partition coefficient (Wildman–Crippen LogP) is 0.871. The normalized spacial score (nSPS) is 11.1. The van der Waals surface area contributed by atoms with Gasteiger partial charge in [0, 0.05) is 24.2 Å². The van der Waals surface area contributed by atoms with Crippen LogP contribution in [0.25, 0.3) is 0 Å². The highest BCUT2D eigenvalue weighted by Gasteiger charge is 2.15. The van der Waals surface area contributed by atoms with Gasteiger partial charge in [-0.3, -0.25) is 9.71 Å². The monoisotopic (exact) mass is 279 g/mol. The Balaban J connectivity index is 2.32. The van der Waals surface area contributed by atoms with E-state index >= 15 is 0 Å². The molecule has 2 aromatic rings. The second-order valence-electron chi connectivity index (χ2n) is 3.81. The number of nitrogen functional groups attached to an aromatic ring is 1. The molecule has 0 aliphatic carbocycles. The SMILES string of the molecule is Cc1cc(NS(=O)(=O)c2ccnc(NN)c2)ccn1. The number of sulfonamides is 1. The van der Waals surface area contributed by atoms with Crippen molar-refractivity contribution in [1.82, 2.24) is 9.97 Å². The molecule has 0 spiro atoms. The number of nitrogens with one attached hydrogen (secondary N) is 2. The topological polar surface area (TPSA) is 110 Å². The number of pyridine rings is 2. The first-order chi connectivity index (χ1) is 9.01. The molecule has 2 aromatic heterocycles. The van der Waals surface area contributed by atoms with E-state index in [2.05, 4.69) is 20.1 Å². The van der Waals surface area contributed by atoms with E-state index in [1.54, 1.807) is 19.1 Å². The number of hydrazine groups is 1. The van der Waals surface area contributed by atoms with Gasteiger partial charge in [-0.15, -0.1) is 0 Å². The zero-order valence-electron chi connectivity index (χ0n) is 10.2. The van der Waals surface area contributed by atoms with Gasteiger partial charge in [-0.2, -0.15) is 0 Å². The van der Waals surface area contributed by atoms with E-state index in [1.165, 1.54) is 24.5 Å². The number of hydrogen-bond donors (Lipinski definition) is 3. The molecule has 0 saturated carbocycles. The number of hydrogen-bond acceptors (Lipinski definition) is 6. The van der Waals surface area contributed by atoms with Crippen molar-refractivity contribution in [3.63, 3.8) is 0 Å². The molecule has 0 aliphatic heterocycles. The van der Waals surface area contributed by atoms with Gasteiger partial charge >= 0.3 is 0 Å². The van der Waals surface area contributed by atoms with Gasteiger partial charge in [-0.25, -0.2) is 19.2 Å². The Hall–Kier alpha value is -2.19. The van der Waals surface area contributed by atoms with Crippen molar-refractivity contribution in [2.45, 2.75) is 11.8 Å². The van der Waals surface area contributed by atoms with E-state index < -0.39 is 10.0 Å². The van der Waals surface area contributed by atoms with Crippen LogP contribution in [0.5, 0.6) is 0 Å². The molecule has 0 bridgehead atoms. The number of rotatable bonds is 4. The van der Waals surface area contributed by atoms with Gasteiger partial charge in [0.1, 0.15) is 5.82 Å². The Labute approximate surface area is 110 Å². The molecule has 19 heavy (non-hydrogen) atoms. The maximum atomic E-state index is 12.2. The average molecular weight is 279 g/mol. The van der Waals surface area contributed by atoms with Crippen LogP contribution < -0.4 is 16.0 Å². The van der Waals surface area contributed by atoms with Crippen molar-refractivity contribution in [1.29, 1.82) is 0 Å². The highest BCUT2D eigenvalue weighted by Crippen LogP contribution is 2.17. The quantitative estimate of drug-likeness (QED) is 0.566. The second kappa shape index (κ2) is 5.21. The molecule has 0 radical (unpaired) electrons. The summed E-state index contributed by atoms with van der Waals surface area (Å²) in [6.07, 6.45) is 2.90. The highest BCUT2D eigenvalue weighted by molar-refractivity contribution is 7.92. The molecular formula is C11H13N5O2S. The summed E-state index contributed by atoms with van der Waals surface area (Å²) in [5, 5.41) is 0. The predicted molar refractivity (Wildman–Crippen MR) is 71.8 cm³/mol. The summed E-state index contributed by atoms with van der Waals surface area (Å²) in [4.78, 5) is 7.93. The summed E-state index contributed by atoms with van der Waals surface area (Å²) in [6, 6.07) is 5.95. The molecule has 2 heterocycles. The Bertz CT molecular complexity index is 687. The number of nitrogens with zero attached hydrogens (tertiary/aromatic N) is 2. The van der Waals surface area contributed by atoms with Gasteiger partial charge in [0.2, 0.25) is 0 Å². The fourth-order valence-corrected chi connectivity index (χ4v) is 2.54. The van der Waals surface area contributed by atoms with E-state index in [-0.39, 0.29) is 10.7 Å². The van der Waals surface area contributed by atoms with Gasteiger partial charge in [0.25, 0.3) is 10.0 Å². The minimum Gasteiger partial charge on any atom is -0.308 e. The average Bonchev–Trinajstić information content (AvgIpc) is 2.38. The van der Waals surface area contributed by atoms with Crippen LogP contribution >= 0.6 is 0 Å². The summed E-state index contributed by atoms with van der Waals surface area (Å²) in [7, 11) is -3.68. The Kier molecular flexibility index (Phi) is 3.63. The van der Waals surface area contributed by atoms with Crippen LogP contribution in [0.2, 0.25) is 0 Å². The number of aromatic nitrogens is 2. The van der Waals surface area contributed by atoms with Crippen molar-refractivity contribution in [2.24, 2.45) is 5.84 Å². The van der Waals surface area contributed by atoms with E-state index in [9.17, 15) is 8.42 Å². The van der Waals surface area contributed by atoms with Gasteiger partial charge in [0.05, 0.1) is 10.6 Å². The van der Waals surface area contributed by atoms with Crippen molar-refractivity contribution in [3.05, 3.63) is 42.4 Å². The minimum atomic E-state index is -3.68. The van der Waals surface area contributed by atoms with Crippen molar-refractivity contribution in [2.75, 3.05) is 10.1 Å². The first-order valence-electron chi connectivity index (χ1n) is 5.39. The summed E-state index contributed by atoms with van der Waals surface area (Å²) in [6.45, 7) is 1.78. The van der Waals surface area contributed by atoms with Crippen LogP contribution in [0.4, 0.5) is 11.5 Å². The largest absolute Gasteiger partial charge is 0.308 e. The maximum Gasteiger partial charge on any atom is 0.262 e. The third kappa shape index (κ3) is 3.18. The number of aryl methyl sites for hydroxylation is 1. The van der Waals surface area contributed by atoms with E-state index in [4.69, 9.17) is 5.84 Å². The second-order valence-corrected chi connectivity index (χ2v) is 5.49. The van der Waals surface area contributed by atoms with E-state index in [0.717, 1.165) is 5.69 Å². The van der Waals surface area contributed by atoms with Crippen molar-refractivity contribution in [3.8, 4) is 0 Å². The third-order valence-corrected chi connectivity index (χ3v) is 3.72. The molecule has 8 heteroatoms. The molecule has 0 aliphatic rings. The fraction of sp³-hybridized carbons (Fsp3) is 0.0909. The Morgan fingerprint density at radius 2 is 1.89 bits per heavy atom. The van der Waals surface area contributed by atoms with Crippen molar-refractivity contribution >= 4 is 21.5 Å². The minimum absolute atomic E-state index is 0.0740. The van der Waals surface area contributed by atoms with Crippen LogP contribution in [-0.4, -0.2) is 18.4 Å². The highest BCUT2D eigenvalue weighted by atomic mass is 32.2. The van der Waals surface area contributed by atoms with Crippen LogP contribution in [0.3, 0.4) is 0 Å². The van der Waals surface area contributed by atoms with E-state index in [0.29, 0.717) is 5.69 Å². The Morgan fingerprint density at radius 3 is 2.58 bits per heavy atom. The van der Waals surface area contributed by atoms with Crippen LogP contribution in [-0.2, 0) is 10.0 Å². The molecule has 7 nitrogen and oxygen atoms in total. The lowest BCUT2D eigenvalue weighted by molar-refractivity contribution is 0.601. The molecule has 0 fully saturated rings. The maximum absolute atomic E-state index is 12.2.